The van der Waals surface area contributed by atoms with Gasteiger partial charge in [0.2, 0.25) is 0 Å². The number of ether oxygens (including phenoxy) is 2. The largest absolute Gasteiger partial charge is 0.490 e. The normalized spacial score (nSPS) is 12.7. The Morgan fingerprint density at radius 1 is 1.21 bits per heavy atom. The maximum Gasteiger partial charge on any atom is 0.192 e. The lowest BCUT2D eigenvalue weighted by atomic mass is 10.0. The van der Waals surface area contributed by atoms with Gasteiger partial charge in [0.1, 0.15) is 30.6 Å². The van der Waals surface area contributed by atoms with E-state index in [0.717, 1.165) is 47.8 Å². The van der Waals surface area contributed by atoms with Gasteiger partial charge in [0.25, 0.3) is 0 Å². The van der Waals surface area contributed by atoms with Crippen LogP contribution in [0, 0.1) is 11.3 Å². The smallest absolute Gasteiger partial charge is 0.192 e. The zero-order valence-corrected chi connectivity index (χ0v) is 20.7. The van der Waals surface area contributed by atoms with Crippen molar-refractivity contribution < 1.29 is 9.47 Å². The molecule has 0 saturated heterocycles. The molecule has 0 unspecified atom stereocenters. The second-order valence-electron chi connectivity index (χ2n) is 8.00. The van der Waals surface area contributed by atoms with Crippen molar-refractivity contribution in [3.05, 3.63) is 64.5 Å². The van der Waals surface area contributed by atoms with Gasteiger partial charge in [0.05, 0.1) is 12.2 Å². The summed E-state index contributed by atoms with van der Waals surface area (Å²) in [7, 11) is 2.06. The van der Waals surface area contributed by atoms with Gasteiger partial charge in [-0.25, -0.2) is 0 Å². The minimum atomic E-state index is 0.441. The van der Waals surface area contributed by atoms with E-state index in [0.29, 0.717) is 23.8 Å². The molecule has 4 rings (SSSR count). The first-order valence-corrected chi connectivity index (χ1v) is 13.4. The highest BCUT2D eigenvalue weighted by molar-refractivity contribution is 7.98. The van der Waals surface area contributed by atoms with Crippen LogP contribution in [0.15, 0.2) is 47.8 Å². The first-order chi connectivity index (χ1) is 16.2. The molecule has 1 aromatic heterocycles. The Kier molecular flexibility index (Phi) is 8.16. The molecule has 1 N–H and O–H groups in total. The molecule has 0 fully saturated rings. The number of nitrogens with one attached hydrogen (secondary N) is 1. The van der Waals surface area contributed by atoms with E-state index < -0.39 is 0 Å². The summed E-state index contributed by atoms with van der Waals surface area (Å²) in [6, 6.07) is 16.9. The number of benzene rings is 2. The van der Waals surface area contributed by atoms with Crippen LogP contribution in [0.4, 0.5) is 5.69 Å². The molecule has 3 aromatic rings. The summed E-state index contributed by atoms with van der Waals surface area (Å²) in [5, 5.41) is 16.0. The van der Waals surface area contributed by atoms with Crippen molar-refractivity contribution in [2.45, 2.75) is 19.6 Å². The number of anilines is 1. The Morgan fingerprint density at radius 3 is 2.82 bits per heavy atom. The van der Waals surface area contributed by atoms with Crippen LogP contribution in [0.2, 0.25) is 0 Å². The van der Waals surface area contributed by atoms with Gasteiger partial charge in [-0.3, -0.25) is 0 Å². The van der Waals surface area contributed by atoms with Crippen molar-refractivity contribution in [3.63, 3.8) is 0 Å². The lowest BCUT2D eigenvalue weighted by Gasteiger charge is -2.28. The van der Waals surface area contributed by atoms with Gasteiger partial charge < -0.3 is 19.7 Å². The fourth-order valence-electron chi connectivity index (χ4n) is 3.76. The third-order valence-electron chi connectivity index (χ3n) is 5.66. The monoisotopic (exact) mass is 479 g/mol. The molecule has 0 spiro atoms. The maximum absolute atomic E-state index is 9.84. The zero-order valence-electron chi connectivity index (χ0n) is 19.1. The van der Waals surface area contributed by atoms with Gasteiger partial charge in [0, 0.05) is 24.5 Å². The van der Waals surface area contributed by atoms with E-state index in [4.69, 9.17) is 9.47 Å². The minimum Gasteiger partial charge on any atom is -0.490 e. The van der Waals surface area contributed by atoms with Crippen LogP contribution in [-0.2, 0) is 13.2 Å². The summed E-state index contributed by atoms with van der Waals surface area (Å²) in [6.45, 7) is 3.90. The standard InChI is InChI=1S/C26H29N3O2S2/c1-29-11-12-30-25-9-8-21(14-24(25)29)23-18-33-26(22(23)15-27)31-17-20-6-4-19(5-7-20)16-28-10-3-13-32-2/h4-9,14,18,28H,3,10-13,16-17H2,1-2H3. The number of thioether (sulfide) groups is 1. The van der Waals surface area contributed by atoms with Gasteiger partial charge in [-0.2, -0.15) is 17.0 Å². The summed E-state index contributed by atoms with van der Waals surface area (Å²) < 4.78 is 11.8. The molecule has 2 heterocycles. The Balaban J connectivity index is 1.39. The molecule has 0 radical (unpaired) electrons. The number of nitriles is 1. The van der Waals surface area contributed by atoms with E-state index in [9.17, 15) is 5.26 Å². The lowest BCUT2D eigenvalue weighted by Crippen LogP contribution is -2.28. The molecule has 7 heteroatoms. The summed E-state index contributed by atoms with van der Waals surface area (Å²) in [6.07, 6.45) is 3.33. The predicted octanol–water partition coefficient (Wildman–Crippen LogP) is 5.54. The first kappa shape index (κ1) is 23.5. The average Bonchev–Trinajstić information content (AvgIpc) is 3.26. The first-order valence-electron chi connectivity index (χ1n) is 11.1. The van der Waals surface area contributed by atoms with E-state index in [1.807, 2.05) is 29.3 Å². The Bertz CT molecular complexity index is 1110. The third-order valence-corrected chi connectivity index (χ3v) is 7.25. The number of likely N-dealkylation sites (N-methyl/N-ethyl adjacent to an activating group) is 1. The van der Waals surface area contributed by atoms with E-state index in [-0.39, 0.29) is 0 Å². The van der Waals surface area contributed by atoms with Gasteiger partial charge in [-0.1, -0.05) is 30.3 Å². The molecule has 33 heavy (non-hydrogen) atoms. The van der Waals surface area contributed by atoms with E-state index in [1.54, 1.807) is 0 Å². The molecule has 5 nitrogen and oxygen atoms in total. The predicted molar refractivity (Wildman–Crippen MR) is 139 cm³/mol. The summed E-state index contributed by atoms with van der Waals surface area (Å²) >= 11 is 3.35. The van der Waals surface area contributed by atoms with Crippen molar-refractivity contribution in [3.8, 4) is 28.0 Å². The van der Waals surface area contributed by atoms with Crippen molar-refractivity contribution in [2.75, 3.05) is 43.7 Å². The molecular formula is C26H29N3O2S2. The molecule has 0 bridgehead atoms. The molecular weight excluding hydrogens is 450 g/mol. The fraction of sp³-hybridized carbons (Fsp3) is 0.346. The average molecular weight is 480 g/mol. The van der Waals surface area contributed by atoms with Crippen molar-refractivity contribution in [1.29, 1.82) is 5.26 Å². The molecule has 2 aromatic carbocycles. The van der Waals surface area contributed by atoms with Gasteiger partial charge in [0.15, 0.2) is 5.06 Å². The molecule has 0 aliphatic carbocycles. The highest BCUT2D eigenvalue weighted by Crippen LogP contribution is 2.41. The second kappa shape index (κ2) is 11.5. The number of rotatable bonds is 10. The number of hydrogen-bond acceptors (Lipinski definition) is 7. The quantitative estimate of drug-likeness (QED) is 0.386. The van der Waals surface area contributed by atoms with Crippen LogP contribution in [0.3, 0.4) is 0 Å². The maximum atomic E-state index is 9.84. The summed E-state index contributed by atoms with van der Waals surface area (Å²) in [5.41, 5.74) is 5.90. The number of hydrogen-bond donors (Lipinski definition) is 1. The second-order valence-corrected chi connectivity index (χ2v) is 9.83. The molecule has 1 aliphatic rings. The number of thiophene rings is 1. The van der Waals surface area contributed by atoms with Crippen LogP contribution in [0.1, 0.15) is 23.1 Å². The molecule has 0 saturated carbocycles. The van der Waals surface area contributed by atoms with Crippen molar-refractivity contribution >= 4 is 28.8 Å². The molecule has 0 amide bonds. The van der Waals surface area contributed by atoms with Crippen LogP contribution in [-0.4, -0.2) is 38.8 Å². The van der Waals surface area contributed by atoms with E-state index in [2.05, 4.69) is 59.9 Å². The SMILES string of the molecule is CSCCCNCc1ccc(COc2scc(-c3ccc4c(c3)N(C)CCO4)c2C#N)cc1. The Morgan fingerprint density at radius 2 is 2.03 bits per heavy atom. The molecule has 0 atom stereocenters. The fourth-order valence-corrected chi connectivity index (χ4v) is 5.07. The Hall–Kier alpha value is -2.66. The highest BCUT2D eigenvalue weighted by Gasteiger charge is 2.19. The zero-order chi connectivity index (χ0) is 23.0. The van der Waals surface area contributed by atoms with E-state index >= 15 is 0 Å². The summed E-state index contributed by atoms with van der Waals surface area (Å²) in [5.74, 6) is 2.08. The minimum absolute atomic E-state index is 0.441. The van der Waals surface area contributed by atoms with Crippen LogP contribution < -0.4 is 19.7 Å². The van der Waals surface area contributed by atoms with Crippen molar-refractivity contribution in [2.24, 2.45) is 0 Å². The lowest BCUT2D eigenvalue weighted by molar-refractivity contribution is 0.311. The Labute approximate surface area is 204 Å². The number of fused-ring (bicyclic) bond motifs is 1. The van der Waals surface area contributed by atoms with Crippen LogP contribution in [0.25, 0.3) is 11.1 Å². The van der Waals surface area contributed by atoms with E-state index in [1.165, 1.54) is 29.1 Å². The molecule has 1 aliphatic heterocycles. The highest BCUT2D eigenvalue weighted by atomic mass is 32.2. The topological polar surface area (TPSA) is 57.5 Å². The van der Waals surface area contributed by atoms with Crippen molar-refractivity contribution in [1.82, 2.24) is 5.32 Å². The van der Waals surface area contributed by atoms with Crippen LogP contribution >= 0.6 is 23.1 Å². The van der Waals surface area contributed by atoms with Gasteiger partial charge >= 0.3 is 0 Å². The number of nitrogens with zero attached hydrogens (tertiary/aromatic N) is 2. The molecule has 172 valence electrons. The van der Waals surface area contributed by atoms with Gasteiger partial charge in [-0.05, 0) is 53.8 Å². The van der Waals surface area contributed by atoms with Gasteiger partial charge in [-0.15, -0.1) is 11.3 Å². The summed E-state index contributed by atoms with van der Waals surface area (Å²) in [4.78, 5) is 2.18. The third kappa shape index (κ3) is 5.83. The van der Waals surface area contributed by atoms with Crippen LogP contribution in [0.5, 0.6) is 10.8 Å².